The number of halogens is 1. The number of nitrogens with zero attached hydrogens (tertiary/aromatic N) is 4. The van der Waals surface area contributed by atoms with Gasteiger partial charge in [0, 0.05) is 26.2 Å². The number of carbonyl (C=O) groups excluding carboxylic acids is 1. The van der Waals surface area contributed by atoms with E-state index < -0.39 is 0 Å². The number of ether oxygens (including phenoxy) is 1. The Morgan fingerprint density at radius 3 is 2.39 bits per heavy atom. The maximum atomic E-state index is 13.2. The molecule has 0 radical (unpaired) electrons. The number of benzene rings is 2. The summed E-state index contributed by atoms with van der Waals surface area (Å²) < 4.78 is 19.1. The molecule has 2 saturated heterocycles. The number of carbonyl (C=O) groups is 1. The van der Waals surface area contributed by atoms with Crippen LogP contribution in [0, 0.1) is 5.82 Å². The van der Waals surface area contributed by atoms with E-state index in [-0.39, 0.29) is 30.0 Å². The summed E-state index contributed by atoms with van der Waals surface area (Å²) in [5, 5.41) is 3.40. The highest BCUT2D eigenvalue weighted by Gasteiger charge is 2.34. The number of amides is 1. The molecule has 2 aliphatic rings. The molecule has 1 aromatic heterocycles. The van der Waals surface area contributed by atoms with Crippen molar-refractivity contribution in [3.05, 3.63) is 59.9 Å². The second-order valence-corrected chi connectivity index (χ2v) is 8.92. The molecule has 3 unspecified atom stereocenters. The first kappa shape index (κ1) is 21.6. The predicted molar refractivity (Wildman–Crippen MR) is 126 cm³/mol. The zero-order valence-electron chi connectivity index (χ0n) is 18.9. The van der Waals surface area contributed by atoms with E-state index >= 15 is 0 Å². The van der Waals surface area contributed by atoms with Gasteiger partial charge in [-0.2, -0.15) is 0 Å². The molecular formula is C25H28FN5O2. The molecule has 8 heteroatoms. The molecule has 1 amide bonds. The summed E-state index contributed by atoms with van der Waals surface area (Å²) in [5.41, 5.74) is 2.51. The number of anilines is 2. The third-order valence-corrected chi connectivity index (χ3v) is 6.17. The zero-order chi connectivity index (χ0) is 22.9. The largest absolute Gasteiger partial charge is 0.372 e. The Hall–Kier alpha value is -3.26. The Morgan fingerprint density at radius 1 is 1.03 bits per heavy atom. The second kappa shape index (κ2) is 8.94. The summed E-state index contributed by atoms with van der Waals surface area (Å²) in [6, 6.07) is 13.7. The van der Waals surface area contributed by atoms with E-state index in [9.17, 15) is 9.18 Å². The van der Waals surface area contributed by atoms with Gasteiger partial charge in [0.2, 0.25) is 5.91 Å². The van der Waals surface area contributed by atoms with Gasteiger partial charge in [-0.1, -0.05) is 24.3 Å². The van der Waals surface area contributed by atoms with E-state index in [0.717, 1.165) is 22.4 Å². The third-order valence-electron chi connectivity index (χ3n) is 6.17. The number of rotatable bonds is 5. The Bertz CT molecular complexity index is 1150. The number of likely N-dealkylation sites (tertiary alicyclic amines) is 1. The van der Waals surface area contributed by atoms with Crippen LogP contribution in [0.15, 0.2) is 48.5 Å². The number of aromatic nitrogens is 2. The minimum absolute atomic E-state index is 0.0175. The van der Waals surface area contributed by atoms with Gasteiger partial charge >= 0.3 is 0 Å². The molecule has 0 bridgehead atoms. The molecular weight excluding hydrogens is 421 g/mol. The topological polar surface area (TPSA) is 70.6 Å². The lowest BCUT2D eigenvalue weighted by Gasteiger charge is -2.36. The first-order chi connectivity index (χ1) is 16.0. The van der Waals surface area contributed by atoms with Crippen LogP contribution >= 0.6 is 0 Å². The van der Waals surface area contributed by atoms with Gasteiger partial charge in [-0.05, 0) is 50.1 Å². The molecule has 3 heterocycles. The van der Waals surface area contributed by atoms with Gasteiger partial charge in [0.15, 0.2) is 11.6 Å². The molecule has 3 atom stereocenters. The summed E-state index contributed by atoms with van der Waals surface area (Å²) in [6.07, 6.45) is 0.826. The van der Waals surface area contributed by atoms with Gasteiger partial charge in [0.1, 0.15) is 11.9 Å². The fraction of sp³-hybridized carbons (Fsp3) is 0.400. The van der Waals surface area contributed by atoms with Crippen LogP contribution in [0.5, 0.6) is 0 Å². The molecule has 1 N–H and O–H groups in total. The highest BCUT2D eigenvalue weighted by Crippen LogP contribution is 2.30. The van der Waals surface area contributed by atoms with Crippen molar-refractivity contribution >= 4 is 28.6 Å². The van der Waals surface area contributed by atoms with Crippen LogP contribution in [0.3, 0.4) is 0 Å². The van der Waals surface area contributed by atoms with Gasteiger partial charge in [-0.3, -0.25) is 4.79 Å². The van der Waals surface area contributed by atoms with Crippen LogP contribution in [-0.4, -0.2) is 58.7 Å². The standard InChI is InChI=1S/C25H28FN5O2/c1-16-13-31(14-17(2)33-16)24-23(27-20-5-3-4-6-21(20)29-24)28-22-11-12-30(25(22)32)15-18-7-9-19(26)10-8-18/h3-10,16-17,22H,11-15H2,1-2H3,(H,27,28). The molecule has 2 aromatic carbocycles. The normalized spacial score (nSPS) is 23.4. The molecule has 0 saturated carbocycles. The van der Waals surface area contributed by atoms with Crippen molar-refractivity contribution in [2.75, 3.05) is 29.9 Å². The Balaban J connectivity index is 1.39. The molecule has 172 valence electrons. The quantitative estimate of drug-likeness (QED) is 0.642. The predicted octanol–water partition coefficient (Wildman–Crippen LogP) is 3.60. The molecule has 5 rings (SSSR count). The minimum Gasteiger partial charge on any atom is -0.372 e. The van der Waals surface area contributed by atoms with Crippen LogP contribution in [0.2, 0.25) is 0 Å². The fourth-order valence-corrected chi connectivity index (χ4v) is 4.66. The minimum atomic E-state index is -0.379. The third kappa shape index (κ3) is 4.61. The van der Waals surface area contributed by atoms with E-state index in [2.05, 4.69) is 24.1 Å². The summed E-state index contributed by atoms with van der Waals surface area (Å²) in [7, 11) is 0. The highest BCUT2D eigenvalue weighted by molar-refractivity contribution is 5.88. The van der Waals surface area contributed by atoms with Crippen LogP contribution in [0.1, 0.15) is 25.8 Å². The van der Waals surface area contributed by atoms with E-state index in [0.29, 0.717) is 38.4 Å². The summed E-state index contributed by atoms with van der Waals surface area (Å²) >= 11 is 0. The van der Waals surface area contributed by atoms with Gasteiger partial charge < -0.3 is 19.9 Å². The van der Waals surface area contributed by atoms with E-state index in [1.807, 2.05) is 24.3 Å². The molecule has 0 aliphatic carbocycles. The van der Waals surface area contributed by atoms with Gasteiger partial charge in [0.05, 0.1) is 23.2 Å². The molecule has 33 heavy (non-hydrogen) atoms. The summed E-state index contributed by atoms with van der Waals surface area (Å²) in [4.78, 5) is 26.9. The Morgan fingerprint density at radius 2 is 1.70 bits per heavy atom. The summed E-state index contributed by atoms with van der Waals surface area (Å²) in [5.74, 6) is 1.11. The average molecular weight is 450 g/mol. The van der Waals surface area contributed by atoms with E-state index in [1.165, 1.54) is 12.1 Å². The number of fused-ring (bicyclic) bond motifs is 1. The van der Waals surface area contributed by atoms with Crippen molar-refractivity contribution in [1.82, 2.24) is 14.9 Å². The van der Waals surface area contributed by atoms with Crippen molar-refractivity contribution in [1.29, 1.82) is 0 Å². The lowest BCUT2D eigenvalue weighted by molar-refractivity contribution is -0.128. The molecule has 2 aliphatic heterocycles. The van der Waals surface area contributed by atoms with Crippen molar-refractivity contribution in [3.8, 4) is 0 Å². The van der Waals surface area contributed by atoms with Crippen molar-refractivity contribution in [2.45, 2.75) is 45.1 Å². The maximum Gasteiger partial charge on any atom is 0.245 e. The zero-order valence-corrected chi connectivity index (χ0v) is 18.9. The second-order valence-electron chi connectivity index (χ2n) is 8.92. The SMILES string of the molecule is CC1CN(c2nc3ccccc3nc2NC2CCN(Cc3ccc(F)cc3)C2=O)CC(C)O1. The van der Waals surface area contributed by atoms with Gasteiger partial charge in [-0.25, -0.2) is 14.4 Å². The van der Waals surface area contributed by atoms with E-state index in [4.69, 9.17) is 14.7 Å². The fourth-order valence-electron chi connectivity index (χ4n) is 4.66. The Kier molecular flexibility index (Phi) is 5.85. The summed E-state index contributed by atoms with van der Waals surface area (Å²) in [6.45, 7) is 6.63. The molecule has 3 aromatic rings. The lowest BCUT2D eigenvalue weighted by atomic mass is 10.2. The molecule has 0 spiro atoms. The maximum absolute atomic E-state index is 13.2. The molecule has 2 fully saturated rings. The van der Waals surface area contributed by atoms with Crippen molar-refractivity contribution in [2.24, 2.45) is 0 Å². The first-order valence-electron chi connectivity index (χ1n) is 11.4. The van der Waals surface area contributed by atoms with E-state index in [1.54, 1.807) is 17.0 Å². The van der Waals surface area contributed by atoms with Crippen molar-refractivity contribution < 1.29 is 13.9 Å². The molecule has 7 nitrogen and oxygen atoms in total. The average Bonchev–Trinajstić information content (AvgIpc) is 3.13. The van der Waals surface area contributed by atoms with Crippen LogP contribution in [-0.2, 0) is 16.1 Å². The number of morpholine rings is 1. The van der Waals surface area contributed by atoms with Crippen LogP contribution < -0.4 is 10.2 Å². The number of nitrogens with one attached hydrogen (secondary N) is 1. The van der Waals surface area contributed by atoms with Crippen LogP contribution in [0.25, 0.3) is 11.0 Å². The monoisotopic (exact) mass is 449 g/mol. The number of hydrogen-bond acceptors (Lipinski definition) is 6. The lowest BCUT2D eigenvalue weighted by Crippen LogP contribution is -2.46. The van der Waals surface area contributed by atoms with Crippen molar-refractivity contribution in [3.63, 3.8) is 0 Å². The number of hydrogen-bond donors (Lipinski definition) is 1. The van der Waals surface area contributed by atoms with Crippen LogP contribution in [0.4, 0.5) is 16.0 Å². The van der Waals surface area contributed by atoms with Gasteiger partial charge in [0.25, 0.3) is 0 Å². The highest BCUT2D eigenvalue weighted by atomic mass is 19.1. The first-order valence-corrected chi connectivity index (χ1v) is 11.4. The number of para-hydroxylation sites is 2. The smallest absolute Gasteiger partial charge is 0.245 e. The van der Waals surface area contributed by atoms with Gasteiger partial charge in [-0.15, -0.1) is 0 Å². The Labute approximate surface area is 192 Å².